The summed E-state index contributed by atoms with van der Waals surface area (Å²) in [5.74, 6) is 0.170. The van der Waals surface area contributed by atoms with Crippen LogP contribution in [-0.2, 0) is 0 Å². The lowest BCUT2D eigenvalue weighted by Crippen LogP contribution is -1.92. The van der Waals surface area contributed by atoms with Crippen LogP contribution in [0.3, 0.4) is 0 Å². The summed E-state index contributed by atoms with van der Waals surface area (Å²) in [5, 5.41) is 7.99. The van der Waals surface area contributed by atoms with Crippen molar-refractivity contribution in [3.05, 3.63) is 54.0 Å². The summed E-state index contributed by atoms with van der Waals surface area (Å²) in [6.45, 7) is 0. The first-order chi connectivity index (χ1) is 8.78. The minimum atomic E-state index is -0.337. The van der Waals surface area contributed by atoms with Gasteiger partial charge in [-0.05, 0) is 24.3 Å². The molecule has 0 aliphatic heterocycles. The molecule has 4 nitrogen and oxygen atoms in total. The van der Waals surface area contributed by atoms with Crippen LogP contribution in [0.5, 0.6) is 0 Å². The summed E-state index contributed by atoms with van der Waals surface area (Å²) in [6, 6.07) is 9.45. The number of pyridine rings is 1. The van der Waals surface area contributed by atoms with Crippen LogP contribution in [0.2, 0.25) is 0 Å². The molecule has 0 N–H and O–H groups in total. The molecule has 0 atom stereocenters. The van der Waals surface area contributed by atoms with Crippen LogP contribution in [-0.4, -0.2) is 20.9 Å². The molecule has 1 aromatic carbocycles. The van der Waals surface area contributed by atoms with Gasteiger partial charge >= 0.3 is 0 Å². The fourth-order valence-corrected chi connectivity index (χ4v) is 1.80. The molecule has 2 aromatic heterocycles. The van der Waals surface area contributed by atoms with E-state index in [1.54, 1.807) is 34.9 Å². The maximum absolute atomic E-state index is 13.2. The lowest BCUT2D eigenvalue weighted by atomic mass is 10.2. The SMILES string of the molecule is O=Cc1ccc2nnc(-c3cccc(F)c3)n2c1. The van der Waals surface area contributed by atoms with Crippen LogP contribution in [0.1, 0.15) is 10.4 Å². The molecule has 0 amide bonds. The van der Waals surface area contributed by atoms with Crippen LogP contribution < -0.4 is 0 Å². The van der Waals surface area contributed by atoms with Gasteiger partial charge in [-0.1, -0.05) is 12.1 Å². The molecule has 3 aromatic rings. The number of rotatable bonds is 2. The standard InChI is InChI=1S/C13H8FN3O/c14-11-3-1-2-10(6-11)13-16-15-12-5-4-9(8-18)7-17(12)13/h1-8H. The number of halogens is 1. The third kappa shape index (κ3) is 1.66. The third-order valence-corrected chi connectivity index (χ3v) is 2.64. The van der Waals surface area contributed by atoms with Gasteiger partial charge in [0.05, 0.1) is 0 Å². The van der Waals surface area contributed by atoms with Gasteiger partial charge in [0.2, 0.25) is 0 Å². The van der Waals surface area contributed by atoms with E-state index in [0.29, 0.717) is 22.6 Å². The molecule has 88 valence electrons. The predicted molar refractivity (Wildman–Crippen MR) is 63.8 cm³/mol. The highest BCUT2D eigenvalue weighted by atomic mass is 19.1. The normalized spacial score (nSPS) is 10.7. The Morgan fingerprint density at radius 2 is 2.06 bits per heavy atom. The second-order valence-corrected chi connectivity index (χ2v) is 3.84. The van der Waals surface area contributed by atoms with Gasteiger partial charge in [-0.15, -0.1) is 10.2 Å². The van der Waals surface area contributed by atoms with Gasteiger partial charge in [0.15, 0.2) is 17.8 Å². The topological polar surface area (TPSA) is 47.3 Å². The number of benzene rings is 1. The van der Waals surface area contributed by atoms with Crippen molar-refractivity contribution in [3.8, 4) is 11.4 Å². The van der Waals surface area contributed by atoms with Crippen molar-refractivity contribution >= 4 is 11.9 Å². The van der Waals surface area contributed by atoms with Crippen LogP contribution in [0.25, 0.3) is 17.0 Å². The van der Waals surface area contributed by atoms with Gasteiger partial charge in [0.1, 0.15) is 5.82 Å². The molecule has 0 aliphatic rings. The lowest BCUT2D eigenvalue weighted by molar-refractivity contribution is 0.112. The number of hydrogen-bond acceptors (Lipinski definition) is 3. The van der Waals surface area contributed by atoms with E-state index in [2.05, 4.69) is 10.2 Å². The van der Waals surface area contributed by atoms with E-state index >= 15 is 0 Å². The van der Waals surface area contributed by atoms with Crippen LogP contribution in [0.15, 0.2) is 42.6 Å². The molecular weight excluding hydrogens is 233 g/mol. The largest absolute Gasteiger partial charge is 0.298 e. The Balaban J connectivity index is 2.26. The minimum absolute atomic E-state index is 0.337. The van der Waals surface area contributed by atoms with E-state index in [0.717, 1.165) is 6.29 Å². The Labute approximate surface area is 102 Å². The molecule has 3 rings (SSSR count). The number of carbonyl (C=O) groups excluding carboxylic acids is 1. The highest BCUT2D eigenvalue weighted by Crippen LogP contribution is 2.19. The first-order valence-corrected chi connectivity index (χ1v) is 5.34. The van der Waals surface area contributed by atoms with Crippen molar-refractivity contribution < 1.29 is 9.18 Å². The molecule has 5 heteroatoms. The number of carbonyl (C=O) groups is 1. The first-order valence-electron chi connectivity index (χ1n) is 5.34. The maximum atomic E-state index is 13.2. The lowest BCUT2D eigenvalue weighted by Gasteiger charge is -2.00. The van der Waals surface area contributed by atoms with Crippen molar-refractivity contribution in [3.63, 3.8) is 0 Å². The minimum Gasteiger partial charge on any atom is -0.298 e. The molecule has 0 radical (unpaired) electrons. The summed E-state index contributed by atoms with van der Waals surface area (Å²) in [6.07, 6.45) is 2.37. The Hall–Kier alpha value is -2.56. The summed E-state index contributed by atoms with van der Waals surface area (Å²) < 4.78 is 14.9. The van der Waals surface area contributed by atoms with E-state index in [-0.39, 0.29) is 5.82 Å². The zero-order valence-electron chi connectivity index (χ0n) is 9.25. The highest BCUT2D eigenvalue weighted by Gasteiger charge is 2.08. The molecular formula is C13H8FN3O. The van der Waals surface area contributed by atoms with Gasteiger partial charge in [-0.2, -0.15) is 0 Å². The van der Waals surface area contributed by atoms with Crippen molar-refractivity contribution in [1.29, 1.82) is 0 Å². The fourth-order valence-electron chi connectivity index (χ4n) is 1.80. The zero-order chi connectivity index (χ0) is 12.5. The summed E-state index contributed by atoms with van der Waals surface area (Å²) in [7, 11) is 0. The number of hydrogen-bond donors (Lipinski definition) is 0. The molecule has 0 bridgehead atoms. The van der Waals surface area contributed by atoms with Crippen LogP contribution >= 0.6 is 0 Å². The van der Waals surface area contributed by atoms with E-state index in [1.165, 1.54) is 12.1 Å². The van der Waals surface area contributed by atoms with Crippen molar-refractivity contribution in [2.75, 3.05) is 0 Å². The Bertz CT molecular complexity index is 736. The van der Waals surface area contributed by atoms with Crippen molar-refractivity contribution in [2.45, 2.75) is 0 Å². The molecule has 0 fully saturated rings. The van der Waals surface area contributed by atoms with Crippen LogP contribution in [0.4, 0.5) is 4.39 Å². The average Bonchev–Trinajstić information content (AvgIpc) is 2.81. The number of aromatic nitrogens is 3. The quantitative estimate of drug-likeness (QED) is 0.647. The maximum Gasteiger partial charge on any atom is 0.168 e. The molecule has 18 heavy (non-hydrogen) atoms. The zero-order valence-corrected chi connectivity index (χ0v) is 9.25. The predicted octanol–water partition coefficient (Wildman–Crippen LogP) is 2.35. The van der Waals surface area contributed by atoms with Gasteiger partial charge in [0.25, 0.3) is 0 Å². The molecule has 0 aliphatic carbocycles. The van der Waals surface area contributed by atoms with Crippen molar-refractivity contribution in [1.82, 2.24) is 14.6 Å². The molecule has 2 heterocycles. The van der Waals surface area contributed by atoms with Crippen LogP contribution in [0, 0.1) is 5.82 Å². The summed E-state index contributed by atoms with van der Waals surface area (Å²) in [5.41, 5.74) is 1.74. The monoisotopic (exact) mass is 241 g/mol. The van der Waals surface area contributed by atoms with E-state index in [1.807, 2.05) is 0 Å². The number of fused-ring (bicyclic) bond motifs is 1. The molecule has 0 saturated heterocycles. The number of nitrogens with zero attached hydrogens (tertiary/aromatic N) is 3. The second-order valence-electron chi connectivity index (χ2n) is 3.84. The molecule has 0 spiro atoms. The Morgan fingerprint density at radius 1 is 1.17 bits per heavy atom. The smallest absolute Gasteiger partial charge is 0.168 e. The van der Waals surface area contributed by atoms with Gasteiger partial charge in [0, 0.05) is 17.3 Å². The summed E-state index contributed by atoms with van der Waals surface area (Å²) in [4.78, 5) is 10.8. The second kappa shape index (κ2) is 4.03. The number of aldehydes is 1. The van der Waals surface area contributed by atoms with E-state index < -0.39 is 0 Å². The third-order valence-electron chi connectivity index (χ3n) is 2.64. The first kappa shape index (κ1) is 10.6. The summed E-state index contributed by atoms with van der Waals surface area (Å²) >= 11 is 0. The average molecular weight is 241 g/mol. The van der Waals surface area contributed by atoms with E-state index in [4.69, 9.17) is 0 Å². The molecule has 0 saturated carbocycles. The van der Waals surface area contributed by atoms with Gasteiger partial charge in [-0.3, -0.25) is 9.20 Å². The van der Waals surface area contributed by atoms with Crippen molar-refractivity contribution in [2.24, 2.45) is 0 Å². The Morgan fingerprint density at radius 3 is 2.83 bits per heavy atom. The highest BCUT2D eigenvalue weighted by molar-refractivity contribution is 5.75. The Kier molecular flexibility index (Phi) is 2.37. The van der Waals surface area contributed by atoms with Gasteiger partial charge < -0.3 is 0 Å². The van der Waals surface area contributed by atoms with E-state index in [9.17, 15) is 9.18 Å². The van der Waals surface area contributed by atoms with Gasteiger partial charge in [-0.25, -0.2) is 4.39 Å². The molecule has 0 unspecified atom stereocenters. The fraction of sp³-hybridized carbons (Fsp3) is 0.